The first kappa shape index (κ1) is 11.8. The Balaban J connectivity index is 3.19. The molecule has 0 heterocycles. The SMILES string of the molecule is CNCCNCC(COC)OC. The normalized spacial score (nSPS) is 13.2. The summed E-state index contributed by atoms with van der Waals surface area (Å²) in [6.45, 7) is 3.42. The summed E-state index contributed by atoms with van der Waals surface area (Å²) in [5.74, 6) is 0. The van der Waals surface area contributed by atoms with Crippen molar-refractivity contribution in [1.82, 2.24) is 10.6 Å². The summed E-state index contributed by atoms with van der Waals surface area (Å²) >= 11 is 0. The zero-order valence-corrected chi connectivity index (χ0v) is 8.22. The lowest BCUT2D eigenvalue weighted by molar-refractivity contribution is 0.0291. The highest BCUT2D eigenvalue weighted by molar-refractivity contribution is 4.60. The Morgan fingerprint density at radius 2 is 2.00 bits per heavy atom. The summed E-state index contributed by atoms with van der Waals surface area (Å²) in [7, 11) is 5.31. The molecular weight excluding hydrogens is 156 g/mol. The van der Waals surface area contributed by atoms with Crippen LogP contribution in [0.2, 0.25) is 0 Å². The van der Waals surface area contributed by atoms with E-state index in [1.807, 2.05) is 7.05 Å². The Hall–Kier alpha value is -0.160. The molecule has 0 saturated heterocycles. The van der Waals surface area contributed by atoms with E-state index in [-0.39, 0.29) is 6.10 Å². The maximum absolute atomic E-state index is 5.16. The molecule has 0 amide bonds. The van der Waals surface area contributed by atoms with Crippen LogP contribution in [-0.4, -0.2) is 53.6 Å². The highest BCUT2D eigenvalue weighted by atomic mass is 16.5. The second-order valence-electron chi connectivity index (χ2n) is 2.62. The fraction of sp³-hybridized carbons (Fsp3) is 1.00. The molecule has 1 unspecified atom stereocenters. The van der Waals surface area contributed by atoms with Gasteiger partial charge in [-0.15, -0.1) is 0 Å². The van der Waals surface area contributed by atoms with E-state index in [1.165, 1.54) is 0 Å². The summed E-state index contributed by atoms with van der Waals surface area (Å²) in [6, 6.07) is 0. The van der Waals surface area contributed by atoms with Crippen LogP contribution in [0.5, 0.6) is 0 Å². The van der Waals surface area contributed by atoms with Gasteiger partial charge >= 0.3 is 0 Å². The van der Waals surface area contributed by atoms with E-state index >= 15 is 0 Å². The van der Waals surface area contributed by atoms with E-state index in [2.05, 4.69) is 10.6 Å². The van der Waals surface area contributed by atoms with Crippen molar-refractivity contribution >= 4 is 0 Å². The molecule has 0 fully saturated rings. The number of nitrogens with one attached hydrogen (secondary N) is 2. The van der Waals surface area contributed by atoms with Crippen molar-refractivity contribution in [2.45, 2.75) is 6.10 Å². The fourth-order valence-electron chi connectivity index (χ4n) is 0.873. The molecule has 0 bridgehead atoms. The lowest BCUT2D eigenvalue weighted by Gasteiger charge is -2.14. The number of hydrogen-bond acceptors (Lipinski definition) is 4. The van der Waals surface area contributed by atoms with Crippen molar-refractivity contribution in [2.75, 3.05) is 47.5 Å². The van der Waals surface area contributed by atoms with Crippen LogP contribution in [-0.2, 0) is 9.47 Å². The average molecular weight is 176 g/mol. The molecule has 0 aliphatic rings. The minimum absolute atomic E-state index is 0.159. The first-order valence-corrected chi connectivity index (χ1v) is 4.22. The Bertz CT molecular complexity index is 91.1. The Morgan fingerprint density at radius 3 is 2.50 bits per heavy atom. The largest absolute Gasteiger partial charge is 0.382 e. The molecule has 4 nitrogen and oxygen atoms in total. The maximum atomic E-state index is 5.16. The van der Waals surface area contributed by atoms with Gasteiger partial charge in [0, 0.05) is 33.9 Å². The van der Waals surface area contributed by atoms with Crippen molar-refractivity contribution in [3.63, 3.8) is 0 Å². The predicted octanol–water partition coefficient (Wildman–Crippen LogP) is -0.543. The molecule has 0 aliphatic carbocycles. The molecule has 0 aromatic carbocycles. The molecule has 0 spiro atoms. The van der Waals surface area contributed by atoms with Gasteiger partial charge in [-0.05, 0) is 7.05 Å². The number of hydrogen-bond donors (Lipinski definition) is 2. The van der Waals surface area contributed by atoms with Gasteiger partial charge in [-0.2, -0.15) is 0 Å². The molecule has 12 heavy (non-hydrogen) atoms. The molecule has 4 heteroatoms. The van der Waals surface area contributed by atoms with E-state index in [4.69, 9.17) is 9.47 Å². The highest BCUT2D eigenvalue weighted by Gasteiger charge is 2.04. The van der Waals surface area contributed by atoms with Gasteiger partial charge in [0.25, 0.3) is 0 Å². The van der Waals surface area contributed by atoms with Crippen LogP contribution >= 0.6 is 0 Å². The fourth-order valence-corrected chi connectivity index (χ4v) is 0.873. The standard InChI is InChI=1S/C8H20N2O2/c1-9-4-5-10-6-8(12-3)7-11-2/h8-10H,4-7H2,1-3H3. The third-order valence-corrected chi connectivity index (χ3v) is 1.61. The van der Waals surface area contributed by atoms with Gasteiger partial charge in [0.2, 0.25) is 0 Å². The van der Waals surface area contributed by atoms with Crippen LogP contribution < -0.4 is 10.6 Å². The quantitative estimate of drug-likeness (QED) is 0.487. The van der Waals surface area contributed by atoms with Crippen molar-refractivity contribution in [1.29, 1.82) is 0 Å². The van der Waals surface area contributed by atoms with E-state index in [0.717, 1.165) is 19.6 Å². The first-order chi connectivity index (χ1) is 5.85. The molecule has 0 aromatic rings. The third kappa shape index (κ3) is 6.54. The third-order valence-electron chi connectivity index (χ3n) is 1.61. The second-order valence-corrected chi connectivity index (χ2v) is 2.62. The first-order valence-electron chi connectivity index (χ1n) is 4.22. The van der Waals surface area contributed by atoms with Gasteiger partial charge in [-0.25, -0.2) is 0 Å². The lowest BCUT2D eigenvalue weighted by atomic mass is 10.3. The topological polar surface area (TPSA) is 42.5 Å². The number of likely N-dealkylation sites (N-methyl/N-ethyl adjacent to an activating group) is 1. The summed E-state index contributed by atoms with van der Waals surface area (Å²) in [5, 5.41) is 6.31. The minimum Gasteiger partial charge on any atom is -0.382 e. The highest BCUT2D eigenvalue weighted by Crippen LogP contribution is 1.87. The van der Waals surface area contributed by atoms with Crippen LogP contribution in [0.4, 0.5) is 0 Å². The van der Waals surface area contributed by atoms with Gasteiger partial charge < -0.3 is 20.1 Å². The summed E-state index contributed by atoms with van der Waals surface area (Å²) in [5.41, 5.74) is 0. The van der Waals surface area contributed by atoms with E-state index in [9.17, 15) is 0 Å². The summed E-state index contributed by atoms with van der Waals surface area (Å²) < 4.78 is 10.1. The van der Waals surface area contributed by atoms with Gasteiger partial charge in [-0.1, -0.05) is 0 Å². The summed E-state index contributed by atoms with van der Waals surface area (Å²) in [4.78, 5) is 0. The van der Waals surface area contributed by atoms with Gasteiger partial charge in [0.1, 0.15) is 0 Å². The second kappa shape index (κ2) is 8.93. The zero-order chi connectivity index (χ0) is 9.23. The van der Waals surface area contributed by atoms with Crippen molar-refractivity contribution in [3.8, 4) is 0 Å². The molecule has 74 valence electrons. The minimum atomic E-state index is 0.159. The molecule has 1 atom stereocenters. The van der Waals surface area contributed by atoms with Crippen LogP contribution in [0, 0.1) is 0 Å². The number of ether oxygens (including phenoxy) is 2. The van der Waals surface area contributed by atoms with Crippen molar-refractivity contribution in [3.05, 3.63) is 0 Å². The molecule has 0 aromatic heterocycles. The average Bonchev–Trinajstić information content (AvgIpc) is 2.10. The predicted molar refractivity (Wildman–Crippen MR) is 49.5 cm³/mol. The summed E-state index contributed by atoms with van der Waals surface area (Å²) in [6.07, 6.45) is 0.159. The monoisotopic (exact) mass is 176 g/mol. The van der Waals surface area contributed by atoms with Crippen molar-refractivity contribution < 1.29 is 9.47 Å². The molecule has 0 saturated carbocycles. The Kier molecular flexibility index (Phi) is 8.81. The Labute approximate surface area is 74.6 Å². The van der Waals surface area contributed by atoms with Gasteiger partial charge in [-0.3, -0.25) is 0 Å². The van der Waals surface area contributed by atoms with Gasteiger partial charge in [0.15, 0.2) is 0 Å². The van der Waals surface area contributed by atoms with E-state index in [1.54, 1.807) is 14.2 Å². The lowest BCUT2D eigenvalue weighted by Crippen LogP contribution is -2.35. The Morgan fingerprint density at radius 1 is 1.25 bits per heavy atom. The molecule has 0 rings (SSSR count). The van der Waals surface area contributed by atoms with Crippen LogP contribution in [0.3, 0.4) is 0 Å². The molecule has 0 aliphatic heterocycles. The van der Waals surface area contributed by atoms with Crippen LogP contribution in [0.25, 0.3) is 0 Å². The number of methoxy groups -OCH3 is 2. The van der Waals surface area contributed by atoms with Crippen LogP contribution in [0.15, 0.2) is 0 Å². The number of rotatable bonds is 8. The molecular formula is C8H20N2O2. The smallest absolute Gasteiger partial charge is 0.0928 e. The van der Waals surface area contributed by atoms with Crippen molar-refractivity contribution in [2.24, 2.45) is 0 Å². The maximum Gasteiger partial charge on any atom is 0.0928 e. The molecule has 0 radical (unpaired) electrons. The molecule has 2 N–H and O–H groups in total. The van der Waals surface area contributed by atoms with Crippen LogP contribution in [0.1, 0.15) is 0 Å². The zero-order valence-electron chi connectivity index (χ0n) is 8.22. The van der Waals surface area contributed by atoms with E-state index < -0.39 is 0 Å². The van der Waals surface area contributed by atoms with Gasteiger partial charge in [0.05, 0.1) is 12.7 Å². The van der Waals surface area contributed by atoms with E-state index in [0.29, 0.717) is 6.61 Å².